The largest absolute Gasteiger partial charge is 0.490 e. The molecule has 1 aliphatic heterocycles. The van der Waals surface area contributed by atoms with Crippen molar-refractivity contribution < 1.29 is 18.7 Å². The van der Waals surface area contributed by atoms with E-state index in [1.54, 1.807) is 12.0 Å². The molecule has 1 aliphatic rings. The molecule has 0 aromatic carbocycles. The summed E-state index contributed by atoms with van der Waals surface area (Å²) in [5.74, 6) is 0.435. The molecule has 0 aliphatic carbocycles. The van der Waals surface area contributed by atoms with Crippen LogP contribution in [-0.2, 0) is 4.74 Å². The summed E-state index contributed by atoms with van der Waals surface area (Å²) >= 11 is 0. The fraction of sp³-hybridized carbons (Fsp3) is 0.625. The molecule has 0 bridgehead atoms. The molecule has 0 saturated carbocycles. The van der Waals surface area contributed by atoms with E-state index >= 15 is 0 Å². The van der Waals surface area contributed by atoms with Crippen LogP contribution in [0.1, 0.15) is 36.2 Å². The quantitative estimate of drug-likeness (QED) is 0.751. The monoisotopic (exact) mass is 309 g/mol. The number of ether oxygens (including phenoxy) is 2. The van der Waals surface area contributed by atoms with Crippen molar-refractivity contribution >= 4 is 5.91 Å². The van der Waals surface area contributed by atoms with E-state index in [1.165, 1.54) is 19.4 Å². The second-order valence-electron chi connectivity index (χ2n) is 5.57. The van der Waals surface area contributed by atoms with Crippen LogP contribution in [0, 0.1) is 5.92 Å². The van der Waals surface area contributed by atoms with E-state index in [2.05, 4.69) is 0 Å². The molecule has 2 rings (SSSR count). The second-order valence-corrected chi connectivity index (χ2v) is 5.57. The van der Waals surface area contributed by atoms with Crippen LogP contribution in [0.15, 0.2) is 21.5 Å². The number of methoxy groups -OCH3 is 2. The maximum Gasteiger partial charge on any atom is 0.289 e. The van der Waals surface area contributed by atoms with Gasteiger partial charge in [-0.25, -0.2) is 0 Å². The zero-order valence-electron chi connectivity index (χ0n) is 13.2. The van der Waals surface area contributed by atoms with Crippen molar-refractivity contribution in [2.24, 2.45) is 5.92 Å². The highest BCUT2D eigenvalue weighted by molar-refractivity contribution is 5.91. The molecule has 6 heteroatoms. The first kappa shape index (κ1) is 16.5. The number of piperidine rings is 1. The lowest BCUT2D eigenvalue weighted by molar-refractivity contribution is 0.0625. The standard InChI is InChI=1S/C16H23NO5/c1-20-8-4-6-12-5-3-7-17(10-12)16(19)14-9-13(18)15(21-2)11-22-14/h9,11-12H,3-8,10H2,1-2H3. The van der Waals surface area contributed by atoms with E-state index in [0.29, 0.717) is 19.0 Å². The van der Waals surface area contributed by atoms with E-state index in [4.69, 9.17) is 13.9 Å². The van der Waals surface area contributed by atoms with Gasteiger partial charge >= 0.3 is 0 Å². The lowest BCUT2D eigenvalue weighted by Gasteiger charge is -2.32. The summed E-state index contributed by atoms with van der Waals surface area (Å²) in [4.78, 5) is 26.0. The number of carbonyl (C=O) groups excluding carboxylic acids is 1. The minimum atomic E-state index is -0.342. The molecule has 22 heavy (non-hydrogen) atoms. The first-order valence-corrected chi connectivity index (χ1v) is 7.60. The van der Waals surface area contributed by atoms with Gasteiger partial charge < -0.3 is 18.8 Å². The zero-order valence-corrected chi connectivity index (χ0v) is 13.2. The number of carbonyl (C=O) groups is 1. The van der Waals surface area contributed by atoms with E-state index in [1.807, 2.05) is 0 Å². The number of hydrogen-bond donors (Lipinski definition) is 0. The Morgan fingerprint density at radius 3 is 2.95 bits per heavy atom. The van der Waals surface area contributed by atoms with Crippen molar-refractivity contribution in [1.82, 2.24) is 4.90 Å². The second kappa shape index (κ2) is 7.98. The lowest BCUT2D eigenvalue weighted by atomic mass is 9.93. The van der Waals surface area contributed by atoms with Gasteiger partial charge in [-0.2, -0.15) is 0 Å². The SMILES string of the molecule is COCCCC1CCCN(C(=O)c2cc(=O)c(OC)co2)C1. The van der Waals surface area contributed by atoms with Crippen LogP contribution in [0.2, 0.25) is 0 Å². The molecule has 122 valence electrons. The van der Waals surface area contributed by atoms with Gasteiger partial charge in [-0.15, -0.1) is 0 Å². The molecule has 0 spiro atoms. The fourth-order valence-corrected chi connectivity index (χ4v) is 2.82. The normalized spacial score (nSPS) is 18.3. The highest BCUT2D eigenvalue weighted by Gasteiger charge is 2.26. The van der Waals surface area contributed by atoms with Gasteiger partial charge in [0.25, 0.3) is 5.91 Å². The molecule has 0 N–H and O–H groups in total. The molecule has 1 amide bonds. The highest BCUT2D eigenvalue weighted by atomic mass is 16.5. The molecular formula is C16H23NO5. The lowest BCUT2D eigenvalue weighted by Crippen LogP contribution is -2.40. The number of nitrogens with zero attached hydrogens (tertiary/aromatic N) is 1. The zero-order chi connectivity index (χ0) is 15.9. The van der Waals surface area contributed by atoms with Crippen LogP contribution in [0.4, 0.5) is 0 Å². The molecule has 1 aromatic rings. The average Bonchev–Trinajstić information content (AvgIpc) is 2.54. The summed E-state index contributed by atoms with van der Waals surface area (Å²) in [5, 5.41) is 0. The predicted molar refractivity (Wildman–Crippen MR) is 81.3 cm³/mol. The van der Waals surface area contributed by atoms with Crippen LogP contribution in [-0.4, -0.2) is 44.7 Å². The first-order chi connectivity index (χ1) is 10.7. The molecular weight excluding hydrogens is 286 g/mol. The Labute approximate surface area is 130 Å². The Morgan fingerprint density at radius 2 is 2.27 bits per heavy atom. The number of amides is 1. The maximum absolute atomic E-state index is 12.5. The fourth-order valence-electron chi connectivity index (χ4n) is 2.82. The van der Waals surface area contributed by atoms with Crippen LogP contribution >= 0.6 is 0 Å². The Bertz CT molecular complexity index is 554. The van der Waals surface area contributed by atoms with Gasteiger partial charge in [0.1, 0.15) is 6.26 Å². The van der Waals surface area contributed by atoms with Gasteiger partial charge in [0.05, 0.1) is 7.11 Å². The summed E-state index contributed by atoms with van der Waals surface area (Å²) < 4.78 is 15.2. The minimum absolute atomic E-state index is 0.0725. The molecule has 1 saturated heterocycles. The molecule has 1 unspecified atom stereocenters. The van der Waals surface area contributed by atoms with Gasteiger partial charge in [-0.3, -0.25) is 9.59 Å². The van der Waals surface area contributed by atoms with Gasteiger partial charge in [0.15, 0.2) is 5.76 Å². The van der Waals surface area contributed by atoms with Crippen molar-refractivity contribution in [2.75, 3.05) is 33.9 Å². The van der Waals surface area contributed by atoms with Gasteiger partial charge in [-0.1, -0.05) is 0 Å². The third kappa shape index (κ3) is 4.10. The van der Waals surface area contributed by atoms with E-state index in [0.717, 1.165) is 32.3 Å². The summed E-state index contributed by atoms with van der Waals surface area (Å²) in [5.41, 5.74) is -0.342. The van der Waals surface area contributed by atoms with Crippen molar-refractivity contribution in [3.8, 4) is 5.75 Å². The Kier molecular flexibility index (Phi) is 6.00. The first-order valence-electron chi connectivity index (χ1n) is 7.60. The molecule has 1 fully saturated rings. The predicted octanol–water partition coefficient (Wildman–Crippen LogP) is 1.93. The van der Waals surface area contributed by atoms with Crippen molar-refractivity contribution in [1.29, 1.82) is 0 Å². The van der Waals surface area contributed by atoms with E-state index < -0.39 is 0 Å². The van der Waals surface area contributed by atoms with Crippen molar-refractivity contribution in [2.45, 2.75) is 25.7 Å². The van der Waals surface area contributed by atoms with Crippen LogP contribution in [0.25, 0.3) is 0 Å². The van der Waals surface area contributed by atoms with E-state index in [-0.39, 0.29) is 22.8 Å². The molecule has 2 heterocycles. The average molecular weight is 309 g/mol. The van der Waals surface area contributed by atoms with Gasteiger partial charge in [-0.05, 0) is 31.6 Å². The Balaban J connectivity index is 1.99. The topological polar surface area (TPSA) is 69.0 Å². The molecule has 1 aromatic heterocycles. The molecule has 1 atom stereocenters. The third-order valence-corrected chi connectivity index (χ3v) is 4.00. The minimum Gasteiger partial charge on any atom is -0.490 e. The smallest absolute Gasteiger partial charge is 0.289 e. The summed E-state index contributed by atoms with van der Waals surface area (Å²) in [6.07, 6.45) is 5.34. The maximum atomic E-state index is 12.5. The Hall–Kier alpha value is -1.82. The van der Waals surface area contributed by atoms with Gasteiger partial charge in [0.2, 0.25) is 11.2 Å². The summed E-state index contributed by atoms with van der Waals surface area (Å²) in [6, 6.07) is 1.20. The number of hydrogen-bond acceptors (Lipinski definition) is 5. The summed E-state index contributed by atoms with van der Waals surface area (Å²) in [6.45, 7) is 2.16. The summed E-state index contributed by atoms with van der Waals surface area (Å²) in [7, 11) is 3.09. The molecule has 6 nitrogen and oxygen atoms in total. The Morgan fingerprint density at radius 1 is 1.45 bits per heavy atom. The van der Waals surface area contributed by atoms with Crippen LogP contribution in [0.5, 0.6) is 5.75 Å². The molecule has 0 radical (unpaired) electrons. The van der Waals surface area contributed by atoms with Crippen LogP contribution in [0.3, 0.4) is 0 Å². The van der Waals surface area contributed by atoms with Crippen molar-refractivity contribution in [3.05, 3.63) is 28.3 Å². The van der Waals surface area contributed by atoms with Crippen LogP contribution < -0.4 is 10.2 Å². The van der Waals surface area contributed by atoms with Gasteiger partial charge in [0, 0.05) is 32.9 Å². The van der Waals surface area contributed by atoms with E-state index in [9.17, 15) is 9.59 Å². The number of rotatable bonds is 6. The highest BCUT2D eigenvalue weighted by Crippen LogP contribution is 2.22. The van der Waals surface area contributed by atoms with Crippen molar-refractivity contribution in [3.63, 3.8) is 0 Å². The third-order valence-electron chi connectivity index (χ3n) is 4.00. The number of likely N-dealkylation sites (tertiary alicyclic amines) is 1.